The van der Waals surface area contributed by atoms with Crippen LogP contribution in [0.15, 0.2) is 36.4 Å². The van der Waals surface area contributed by atoms with Gasteiger partial charge in [0.25, 0.3) is 0 Å². The van der Waals surface area contributed by atoms with Gasteiger partial charge in [-0.1, -0.05) is 42.5 Å². The number of aromatic nitrogens is 2. The minimum absolute atomic E-state index is 0.0912. The molecule has 0 radical (unpaired) electrons. The summed E-state index contributed by atoms with van der Waals surface area (Å²) < 4.78 is 0. The highest BCUT2D eigenvalue weighted by Crippen LogP contribution is 2.53. The van der Waals surface area contributed by atoms with Gasteiger partial charge in [-0.25, -0.2) is 0 Å². The van der Waals surface area contributed by atoms with Crippen LogP contribution in [0.1, 0.15) is 30.3 Å². The van der Waals surface area contributed by atoms with E-state index in [-0.39, 0.29) is 47.8 Å². The molecule has 7 nitrogen and oxygen atoms in total. The first-order valence-electron chi connectivity index (χ1n) is 10.3. The molecule has 8 heteroatoms. The van der Waals surface area contributed by atoms with E-state index in [1.807, 2.05) is 0 Å². The van der Waals surface area contributed by atoms with E-state index >= 15 is 0 Å². The highest BCUT2D eigenvalue weighted by molar-refractivity contribution is 7.15. The number of hydrogen-bond donors (Lipinski definition) is 1. The van der Waals surface area contributed by atoms with Gasteiger partial charge in [-0.05, 0) is 42.4 Å². The van der Waals surface area contributed by atoms with E-state index in [2.05, 4.69) is 34.6 Å². The number of aryl methyl sites for hydroxylation is 1. The van der Waals surface area contributed by atoms with E-state index in [0.717, 1.165) is 29.8 Å². The van der Waals surface area contributed by atoms with Gasteiger partial charge in [0.15, 0.2) is 0 Å². The SMILES string of the molecule is CCCc1nnc(NC(=O)Cc2ccc(N3C(=O)C4C5C=CC(C5)C4C3=O)cc2)s1. The van der Waals surface area contributed by atoms with Crippen LogP contribution in [-0.2, 0) is 27.2 Å². The molecule has 3 amide bonds. The Balaban J connectivity index is 1.24. The zero-order valence-electron chi connectivity index (χ0n) is 16.6. The molecule has 4 unspecified atom stereocenters. The minimum atomic E-state index is -0.206. The summed E-state index contributed by atoms with van der Waals surface area (Å²) in [6, 6.07) is 7.08. The van der Waals surface area contributed by atoms with Gasteiger partial charge in [-0.15, -0.1) is 10.2 Å². The van der Waals surface area contributed by atoms with E-state index in [9.17, 15) is 14.4 Å². The minimum Gasteiger partial charge on any atom is -0.300 e. The van der Waals surface area contributed by atoms with Crippen molar-refractivity contribution >= 4 is 39.9 Å². The van der Waals surface area contributed by atoms with Crippen molar-refractivity contribution < 1.29 is 14.4 Å². The molecule has 2 aliphatic carbocycles. The van der Waals surface area contributed by atoms with Crippen molar-refractivity contribution in [2.24, 2.45) is 23.7 Å². The molecule has 0 spiro atoms. The lowest BCUT2D eigenvalue weighted by Crippen LogP contribution is -2.32. The van der Waals surface area contributed by atoms with Gasteiger partial charge in [0, 0.05) is 6.42 Å². The molecule has 1 aromatic carbocycles. The number of imide groups is 1. The zero-order valence-corrected chi connectivity index (χ0v) is 17.4. The third-order valence-corrected chi connectivity index (χ3v) is 7.11. The van der Waals surface area contributed by atoms with Crippen molar-refractivity contribution in [3.8, 4) is 0 Å². The van der Waals surface area contributed by atoms with Crippen LogP contribution in [0.2, 0.25) is 0 Å². The Morgan fingerprint density at radius 2 is 1.77 bits per heavy atom. The molecular formula is C22H22N4O3S. The molecule has 5 rings (SSSR count). The summed E-state index contributed by atoms with van der Waals surface area (Å²) in [5.74, 6) is -0.374. The maximum Gasteiger partial charge on any atom is 0.238 e. The lowest BCUT2D eigenvalue weighted by molar-refractivity contribution is -0.123. The van der Waals surface area contributed by atoms with Crippen molar-refractivity contribution in [2.45, 2.75) is 32.6 Å². The Labute approximate surface area is 178 Å². The average molecular weight is 423 g/mol. The fourth-order valence-corrected chi connectivity index (χ4v) is 5.75. The normalized spacial score (nSPS) is 26.5. The standard InChI is InChI=1S/C22H22N4O3S/c1-2-3-17-24-25-22(30-17)23-16(27)10-12-4-8-15(9-5-12)26-20(28)18-13-6-7-14(11-13)19(18)21(26)29/h4-9,13-14,18-19H,2-3,10-11H2,1H3,(H,23,25,27). The maximum atomic E-state index is 12.9. The third-order valence-electron chi connectivity index (χ3n) is 6.21. The first kappa shape index (κ1) is 19.1. The third kappa shape index (κ3) is 3.15. The number of amides is 3. The number of benzene rings is 1. The Kier molecular flexibility index (Phi) is 4.73. The number of anilines is 2. The summed E-state index contributed by atoms with van der Waals surface area (Å²) >= 11 is 1.39. The molecule has 154 valence electrons. The number of nitrogens with one attached hydrogen (secondary N) is 1. The van der Waals surface area contributed by atoms with Gasteiger partial charge in [0.05, 0.1) is 23.9 Å². The number of rotatable bonds is 6. The van der Waals surface area contributed by atoms with Crippen molar-refractivity contribution in [1.29, 1.82) is 0 Å². The van der Waals surface area contributed by atoms with Crippen LogP contribution in [-0.4, -0.2) is 27.9 Å². The van der Waals surface area contributed by atoms with Crippen molar-refractivity contribution in [2.75, 3.05) is 10.2 Å². The topological polar surface area (TPSA) is 92.3 Å². The number of fused-ring (bicyclic) bond motifs is 5. The summed E-state index contributed by atoms with van der Waals surface area (Å²) in [5, 5.41) is 12.2. The van der Waals surface area contributed by atoms with Crippen molar-refractivity contribution in [3.63, 3.8) is 0 Å². The van der Waals surface area contributed by atoms with Crippen LogP contribution in [0, 0.1) is 23.7 Å². The summed E-state index contributed by atoms with van der Waals surface area (Å²) in [5.41, 5.74) is 1.38. The monoisotopic (exact) mass is 422 g/mol. The van der Waals surface area contributed by atoms with Gasteiger partial charge in [-0.2, -0.15) is 0 Å². The summed E-state index contributed by atoms with van der Waals surface area (Å²) in [7, 11) is 0. The molecule has 2 fully saturated rings. The lowest BCUT2D eigenvalue weighted by atomic mass is 9.85. The van der Waals surface area contributed by atoms with Crippen LogP contribution in [0.25, 0.3) is 0 Å². The van der Waals surface area contributed by atoms with Crippen LogP contribution >= 0.6 is 11.3 Å². The van der Waals surface area contributed by atoms with Gasteiger partial charge >= 0.3 is 0 Å². The number of carbonyl (C=O) groups is 3. The molecule has 1 saturated carbocycles. The second kappa shape index (κ2) is 7.43. The number of nitrogens with zero attached hydrogens (tertiary/aromatic N) is 3. The van der Waals surface area contributed by atoms with Gasteiger partial charge < -0.3 is 5.32 Å². The van der Waals surface area contributed by atoms with E-state index in [1.54, 1.807) is 24.3 Å². The first-order chi connectivity index (χ1) is 14.5. The molecular weight excluding hydrogens is 400 g/mol. The number of allylic oxidation sites excluding steroid dienone is 2. The highest BCUT2D eigenvalue weighted by atomic mass is 32.1. The fraction of sp³-hybridized carbons (Fsp3) is 0.409. The van der Waals surface area contributed by atoms with Crippen molar-refractivity contribution in [3.05, 3.63) is 47.0 Å². The predicted octanol–water partition coefficient (Wildman–Crippen LogP) is 2.98. The summed E-state index contributed by atoms with van der Waals surface area (Å²) in [4.78, 5) is 39.4. The van der Waals surface area contributed by atoms with Crippen LogP contribution in [0.3, 0.4) is 0 Å². The zero-order chi connectivity index (χ0) is 20.8. The lowest BCUT2D eigenvalue weighted by Gasteiger charge is -2.17. The Morgan fingerprint density at radius 1 is 1.10 bits per heavy atom. The van der Waals surface area contributed by atoms with Gasteiger partial charge in [0.1, 0.15) is 5.01 Å². The highest BCUT2D eigenvalue weighted by Gasteiger charge is 2.59. The van der Waals surface area contributed by atoms with Gasteiger partial charge in [-0.3, -0.25) is 19.3 Å². The predicted molar refractivity (Wildman–Crippen MR) is 113 cm³/mol. The van der Waals surface area contributed by atoms with E-state index in [0.29, 0.717) is 10.8 Å². The summed E-state index contributed by atoms with van der Waals surface area (Å²) in [6.07, 6.45) is 7.11. The van der Waals surface area contributed by atoms with Crippen LogP contribution in [0.5, 0.6) is 0 Å². The molecule has 30 heavy (non-hydrogen) atoms. The molecule has 1 aliphatic heterocycles. The molecule has 2 heterocycles. The smallest absolute Gasteiger partial charge is 0.238 e. The average Bonchev–Trinajstić information content (AvgIpc) is 3.49. The van der Waals surface area contributed by atoms with Crippen LogP contribution in [0.4, 0.5) is 10.8 Å². The molecule has 2 aromatic rings. The van der Waals surface area contributed by atoms with E-state index in [4.69, 9.17) is 0 Å². The second-order valence-electron chi connectivity index (χ2n) is 8.15. The van der Waals surface area contributed by atoms with E-state index < -0.39 is 0 Å². The Hall–Kier alpha value is -2.87. The van der Waals surface area contributed by atoms with Crippen molar-refractivity contribution in [1.82, 2.24) is 10.2 Å². The number of hydrogen-bond acceptors (Lipinski definition) is 6. The van der Waals surface area contributed by atoms with Gasteiger partial charge in [0.2, 0.25) is 22.9 Å². The molecule has 1 aromatic heterocycles. The molecule has 1 saturated heterocycles. The largest absolute Gasteiger partial charge is 0.300 e. The Bertz CT molecular complexity index is 1010. The molecule has 1 N–H and O–H groups in total. The maximum absolute atomic E-state index is 12.9. The van der Waals surface area contributed by atoms with E-state index in [1.165, 1.54) is 16.2 Å². The first-order valence-corrected chi connectivity index (χ1v) is 11.1. The molecule has 4 atom stereocenters. The van der Waals surface area contributed by atoms with Crippen LogP contribution < -0.4 is 10.2 Å². The fourth-order valence-electron chi connectivity index (χ4n) is 4.89. The Morgan fingerprint density at radius 3 is 2.40 bits per heavy atom. The molecule has 3 aliphatic rings. The second-order valence-corrected chi connectivity index (χ2v) is 9.22. The number of carbonyl (C=O) groups excluding carboxylic acids is 3. The quantitative estimate of drug-likeness (QED) is 0.571. The summed E-state index contributed by atoms with van der Waals surface area (Å²) in [6.45, 7) is 2.07. The molecule has 2 bridgehead atoms.